The summed E-state index contributed by atoms with van der Waals surface area (Å²) < 4.78 is 46.5. The van der Waals surface area contributed by atoms with Gasteiger partial charge in [0.25, 0.3) is 0 Å². The van der Waals surface area contributed by atoms with Gasteiger partial charge in [0.05, 0.1) is 16.9 Å². The molecule has 4 fully saturated rings. The SMILES string of the molecule is COC(=O)N[C@H]1CCC[C@@H]1C(CN1CCC1)(c1cccc(F)c1)C1CCN(C[C@@H]2CCN(c3ccc(S(=O)(=O)c4ccc(C(N)=O)cc4)cc3)C2)CC1. The molecule has 0 radical (unpaired) electrons. The quantitative estimate of drug-likeness (QED) is 0.251. The monoisotopic (exact) mass is 745 g/mol. The summed E-state index contributed by atoms with van der Waals surface area (Å²) in [5.41, 5.74) is 7.36. The highest BCUT2D eigenvalue weighted by Crippen LogP contribution is 2.51. The number of alkyl carbamates (subject to hydrolysis) is 1. The van der Waals surface area contributed by atoms with Crippen LogP contribution >= 0.6 is 0 Å². The Hall–Kier alpha value is -4.00. The Morgan fingerprint density at radius 2 is 1.57 bits per heavy atom. The smallest absolute Gasteiger partial charge is 0.407 e. The minimum absolute atomic E-state index is 0.0153. The number of rotatable bonds is 12. The van der Waals surface area contributed by atoms with E-state index in [1.807, 2.05) is 18.2 Å². The molecule has 0 spiro atoms. The number of nitrogens with two attached hydrogens (primary N) is 1. The van der Waals surface area contributed by atoms with Crippen molar-refractivity contribution in [1.82, 2.24) is 15.1 Å². The molecular formula is C41H52FN5O5S. The van der Waals surface area contributed by atoms with Crippen LogP contribution in [0.15, 0.2) is 82.6 Å². The highest BCUT2D eigenvalue weighted by atomic mass is 32.2. The average Bonchev–Trinajstić information content (AvgIpc) is 3.82. The molecule has 53 heavy (non-hydrogen) atoms. The maximum Gasteiger partial charge on any atom is 0.407 e. The van der Waals surface area contributed by atoms with Crippen LogP contribution in [0.3, 0.4) is 0 Å². The van der Waals surface area contributed by atoms with Crippen molar-refractivity contribution in [3.63, 3.8) is 0 Å². The van der Waals surface area contributed by atoms with E-state index in [2.05, 4.69) is 26.1 Å². The predicted octanol–water partition coefficient (Wildman–Crippen LogP) is 5.46. The number of likely N-dealkylation sites (tertiary alicyclic amines) is 2. The second-order valence-electron chi connectivity index (χ2n) is 15.5. The van der Waals surface area contributed by atoms with Crippen LogP contribution in [-0.2, 0) is 20.0 Å². The van der Waals surface area contributed by atoms with E-state index in [0.29, 0.717) is 11.8 Å². The van der Waals surface area contributed by atoms with Gasteiger partial charge in [0.2, 0.25) is 15.7 Å². The number of benzene rings is 3. The van der Waals surface area contributed by atoms with Crippen molar-refractivity contribution in [3.05, 3.63) is 89.7 Å². The van der Waals surface area contributed by atoms with Crippen molar-refractivity contribution in [2.75, 3.05) is 64.4 Å². The number of carbonyl (C=O) groups excluding carboxylic acids is 2. The fraction of sp³-hybridized carbons (Fsp3) is 0.512. The van der Waals surface area contributed by atoms with Gasteiger partial charge in [0.15, 0.2) is 0 Å². The molecule has 7 rings (SSSR count). The van der Waals surface area contributed by atoms with Crippen LogP contribution in [0.2, 0.25) is 0 Å². The average molecular weight is 746 g/mol. The number of sulfone groups is 1. The van der Waals surface area contributed by atoms with Crippen LogP contribution in [0, 0.1) is 23.6 Å². The first-order valence-corrected chi connectivity index (χ1v) is 20.6. The summed E-state index contributed by atoms with van der Waals surface area (Å²) in [6.45, 7) is 7.78. The van der Waals surface area contributed by atoms with Crippen LogP contribution < -0.4 is 16.0 Å². The first-order valence-electron chi connectivity index (χ1n) is 19.1. The second-order valence-corrected chi connectivity index (χ2v) is 17.5. The Bertz CT molecular complexity index is 1860. The lowest BCUT2D eigenvalue weighted by atomic mass is 9.57. The molecule has 3 aromatic carbocycles. The van der Waals surface area contributed by atoms with Crippen molar-refractivity contribution in [2.45, 2.75) is 66.2 Å². The molecule has 0 aromatic heterocycles. The van der Waals surface area contributed by atoms with Crippen LogP contribution in [0.4, 0.5) is 14.9 Å². The fourth-order valence-corrected chi connectivity index (χ4v) is 11.0. The molecule has 3 aromatic rings. The minimum Gasteiger partial charge on any atom is -0.453 e. The number of piperidine rings is 1. The second kappa shape index (κ2) is 15.8. The number of ether oxygens (including phenoxy) is 1. The van der Waals surface area contributed by atoms with Crippen molar-refractivity contribution in [1.29, 1.82) is 0 Å². The molecule has 0 bridgehead atoms. The number of nitrogens with one attached hydrogen (secondary N) is 1. The third-order valence-electron chi connectivity index (χ3n) is 12.5. The van der Waals surface area contributed by atoms with E-state index in [1.165, 1.54) is 43.9 Å². The molecule has 10 nitrogen and oxygen atoms in total. The number of hydrogen-bond acceptors (Lipinski definition) is 8. The van der Waals surface area contributed by atoms with Gasteiger partial charge in [-0.05, 0) is 149 Å². The third-order valence-corrected chi connectivity index (χ3v) is 14.3. The van der Waals surface area contributed by atoms with Crippen LogP contribution in [0.25, 0.3) is 0 Å². The fourth-order valence-electron chi connectivity index (χ4n) is 9.72. The molecule has 284 valence electrons. The Labute approximate surface area is 312 Å². The predicted molar refractivity (Wildman–Crippen MR) is 202 cm³/mol. The summed E-state index contributed by atoms with van der Waals surface area (Å²) >= 11 is 0. The van der Waals surface area contributed by atoms with Gasteiger partial charge in [-0.3, -0.25) is 4.79 Å². The Kier molecular flexibility index (Phi) is 11.1. The van der Waals surface area contributed by atoms with E-state index in [0.717, 1.165) is 102 Å². The van der Waals surface area contributed by atoms with E-state index in [9.17, 15) is 18.0 Å². The van der Waals surface area contributed by atoms with Crippen LogP contribution in [0.1, 0.15) is 60.9 Å². The van der Waals surface area contributed by atoms with Gasteiger partial charge in [0.1, 0.15) is 5.82 Å². The molecule has 3 N–H and O–H groups in total. The molecule has 1 unspecified atom stereocenters. The minimum atomic E-state index is -3.73. The Balaban J connectivity index is 1.01. The van der Waals surface area contributed by atoms with Crippen molar-refractivity contribution in [2.24, 2.45) is 23.5 Å². The largest absolute Gasteiger partial charge is 0.453 e. The van der Waals surface area contributed by atoms with Gasteiger partial charge >= 0.3 is 6.09 Å². The number of anilines is 1. The summed E-state index contributed by atoms with van der Waals surface area (Å²) in [5, 5.41) is 3.18. The van der Waals surface area contributed by atoms with Crippen LogP contribution in [-0.4, -0.2) is 95.7 Å². The summed E-state index contributed by atoms with van der Waals surface area (Å²) in [4.78, 5) is 31.7. The van der Waals surface area contributed by atoms with Crippen molar-refractivity contribution >= 4 is 27.5 Å². The van der Waals surface area contributed by atoms with Crippen molar-refractivity contribution in [3.8, 4) is 0 Å². The summed E-state index contributed by atoms with van der Waals surface area (Å²) in [6.07, 6.45) is 6.81. The number of carbonyl (C=O) groups is 2. The molecule has 3 aliphatic heterocycles. The third kappa shape index (κ3) is 7.82. The first-order chi connectivity index (χ1) is 25.6. The Morgan fingerprint density at radius 1 is 0.868 bits per heavy atom. The molecule has 2 amide bonds. The molecular weight excluding hydrogens is 694 g/mol. The zero-order valence-corrected chi connectivity index (χ0v) is 31.4. The zero-order valence-electron chi connectivity index (χ0n) is 30.6. The normalized spacial score (nSPS) is 24.0. The molecule has 4 atom stereocenters. The molecule has 1 aliphatic carbocycles. The first kappa shape index (κ1) is 37.3. The van der Waals surface area contributed by atoms with E-state index in [1.54, 1.807) is 18.2 Å². The van der Waals surface area contributed by atoms with Gasteiger partial charge in [0, 0.05) is 48.9 Å². The van der Waals surface area contributed by atoms with Gasteiger partial charge < -0.3 is 30.5 Å². The summed E-state index contributed by atoms with van der Waals surface area (Å²) in [5.74, 6) is 0.226. The zero-order chi connectivity index (χ0) is 37.2. The summed E-state index contributed by atoms with van der Waals surface area (Å²) in [7, 11) is -2.31. The lowest BCUT2D eigenvalue weighted by Gasteiger charge is -2.53. The van der Waals surface area contributed by atoms with Gasteiger partial charge in [-0.25, -0.2) is 17.6 Å². The highest BCUT2D eigenvalue weighted by molar-refractivity contribution is 7.91. The van der Waals surface area contributed by atoms with E-state index in [-0.39, 0.29) is 38.5 Å². The number of primary amides is 1. The standard InChI is InChI=1S/C41H52FN5O5S/c1-52-40(49)44-38-8-3-7-37(38)41(28-46-20-4-21-46,32-5-2-6-33(42)25-32)31-18-22-45(23-19-31)26-29-17-24-47(27-29)34-11-15-36(16-12-34)53(50,51)35-13-9-30(10-14-35)39(43)48/h2,5-6,9-16,25,29,31,37-38H,3-4,7-8,17-24,26-28H2,1H3,(H2,43,48)(H,44,49)/t29-,37-,38-,41?/m0/s1. The maximum absolute atomic E-state index is 15.0. The Morgan fingerprint density at radius 3 is 2.19 bits per heavy atom. The number of amides is 2. The number of nitrogens with zero attached hydrogens (tertiary/aromatic N) is 3. The van der Waals surface area contributed by atoms with E-state index < -0.39 is 21.8 Å². The molecule has 3 heterocycles. The lowest BCUT2D eigenvalue weighted by molar-refractivity contribution is 0.0235. The number of halogens is 1. The van der Waals surface area contributed by atoms with Gasteiger partial charge in [-0.15, -0.1) is 0 Å². The molecule has 4 aliphatic rings. The van der Waals surface area contributed by atoms with Crippen molar-refractivity contribution < 1.29 is 27.1 Å². The van der Waals surface area contributed by atoms with E-state index >= 15 is 4.39 Å². The molecule has 1 saturated carbocycles. The van der Waals surface area contributed by atoms with Gasteiger partial charge in [-0.2, -0.15) is 0 Å². The topological polar surface area (TPSA) is 125 Å². The van der Waals surface area contributed by atoms with Crippen LogP contribution in [0.5, 0.6) is 0 Å². The number of methoxy groups -OCH3 is 1. The molecule has 3 saturated heterocycles. The number of hydrogen-bond donors (Lipinski definition) is 2. The lowest BCUT2D eigenvalue weighted by Crippen LogP contribution is -2.59. The maximum atomic E-state index is 15.0. The van der Waals surface area contributed by atoms with Gasteiger partial charge in [-0.1, -0.05) is 18.6 Å². The molecule has 12 heteroatoms. The summed E-state index contributed by atoms with van der Waals surface area (Å²) in [6, 6.07) is 20.0. The highest BCUT2D eigenvalue weighted by Gasteiger charge is 2.53. The van der Waals surface area contributed by atoms with E-state index in [4.69, 9.17) is 10.5 Å².